The number of nitrogens with zero attached hydrogens (tertiary/aromatic N) is 2. The Morgan fingerprint density at radius 3 is 2.67 bits per heavy atom. The number of halogens is 1. The molecule has 0 unspecified atom stereocenters. The maximum atomic E-state index is 13.0. The number of benzene rings is 2. The van der Waals surface area contributed by atoms with Gasteiger partial charge in [-0.25, -0.2) is 4.39 Å². The molecule has 1 atom stereocenters. The number of fused-ring (bicyclic) bond motifs is 1. The van der Waals surface area contributed by atoms with Crippen LogP contribution in [-0.4, -0.2) is 17.0 Å². The fraction of sp³-hybridized carbons (Fsp3) is 0.176. The van der Waals surface area contributed by atoms with E-state index >= 15 is 0 Å². The van der Waals surface area contributed by atoms with E-state index in [1.54, 1.807) is 12.1 Å². The van der Waals surface area contributed by atoms with E-state index in [9.17, 15) is 4.39 Å². The summed E-state index contributed by atoms with van der Waals surface area (Å²) in [5, 5.41) is 8.67. The first kappa shape index (κ1) is 15.0. The molecule has 0 saturated heterocycles. The summed E-state index contributed by atoms with van der Waals surface area (Å²) < 4.78 is 29.3. The summed E-state index contributed by atoms with van der Waals surface area (Å²) in [5.41, 5.74) is 1.76. The molecule has 2 aromatic carbocycles. The van der Waals surface area contributed by atoms with Crippen molar-refractivity contribution in [2.75, 3.05) is 6.79 Å². The fourth-order valence-electron chi connectivity index (χ4n) is 2.36. The number of ether oxygens (including phenoxy) is 2. The quantitative estimate of drug-likeness (QED) is 0.652. The van der Waals surface area contributed by atoms with Crippen molar-refractivity contribution in [3.63, 3.8) is 0 Å². The molecule has 3 aromatic rings. The third-order valence-corrected chi connectivity index (χ3v) is 4.64. The summed E-state index contributed by atoms with van der Waals surface area (Å²) in [6.45, 7) is 2.22. The second kappa shape index (κ2) is 6.16. The van der Waals surface area contributed by atoms with Gasteiger partial charge in [0.15, 0.2) is 11.5 Å². The molecule has 122 valence electrons. The van der Waals surface area contributed by atoms with Crippen LogP contribution in [0.15, 0.2) is 52.1 Å². The molecule has 1 aromatic heterocycles. The molecule has 0 amide bonds. The zero-order valence-corrected chi connectivity index (χ0v) is 13.5. The van der Waals surface area contributed by atoms with Crippen LogP contribution < -0.4 is 9.47 Å². The Hall–Kier alpha value is -2.54. The van der Waals surface area contributed by atoms with Crippen molar-refractivity contribution in [2.24, 2.45) is 0 Å². The second-order valence-corrected chi connectivity index (χ2v) is 6.54. The Kier molecular flexibility index (Phi) is 3.86. The van der Waals surface area contributed by atoms with Crippen LogP contribution in [0.3, 0.4) is 0 Å². The van der Waals surface area contributed by atoms with Gasteiger partial charge < -0.3 is 13.9 Å². The highest BCUT2D eigenvalue weighted by molar-refractivity contribution is 7.99. The molecule has 0 fully saturated rings. The zero-order chi connectivity index (χ0) is 16.5. The van der Waals surface area contributed by atoms with Crippen molar-refractivity contribution in [2.45, 2.75) is 17.4 Å². The van der Waals surface area contributed by atoms with Gasteiger partial charge >= 0.3 is 0 Å². The lowest BCUT2D eigenvalue weighted by Crippen LogP contribution is -1.92. The second-order valence-electron chi connectivity index (χ2n) is 5.25. The number of thioether (sulfide) groups is 1. The van der Waals surface area contributed by atoms with Gasteiger partial charge in [-0.2, -0.15) is 0 Å². The van der Waals surface area contributed by atoms with Gasteiger partial charge in [0.05, 0.1) is 0 Å². The van der Waals surface area contributed by atoms with Crippen molar-refractivity contribution in [3.05, 3.63) is 53.8 Å². The van der Waals surface area contributed by atoms with E-state index in [1.807, 2.05) is 25.1 Å². The largest absolute Gasteiger partial charge is 0.454 e. The molecule has 2 heterocycles. The van der Waals surface area contributed by atoms with Gasteiger partial charge in [0.2, 0.25) is 12.7 Å². The van der Waals surface area contributed by atoms with Crippen molar-refractivity contribution >= 4 is 11.8 Å². The van der Waals surface area contributed by atoms with Crippen LogP contribution in [0.1, 0.15) is 17.7 Å². The third-order valence-electron chi connectivity index (χ3n) is 3.64. The van der Waals surface area contributed by atoms with Crippen molar-refractivity contribution < 1.29 is 18.3 Å². The molecule has 4 rings (SSSR count). The summed E-state index contributed by atoms with van der Waals surface area (Å²) in [6, 6.07) is 11.9. The first-order valence-electron chi connectivity index (χ1n) is 7.35. The molecule has 0 N–H and O–H groups in total. The van der Waals surface area contributed by atoms with Gasteiger partial charge in [-0.15, -0.1) is 10.2 Å². The predicted octanol–water partition coefficient (Wildman–Crippen LogP) is 4.46. The Balaban J connectivity index is 1.51. The summed E-state index contributed by atoms with van der Waals surface area (Å²) >= 11 is 1.42. The van der Waals surface area contributed by atoms with E-state index < -0.39 is 0 Å². The van der Waals surface area contributed by atoms with Crippen LogP contribution in [0.5, 0.6) is 11.5 Å². The normalized spacial score (nSPS) is 13.9. The summed E-state index contributed by atoms with van der Waals surface area (Å²) in [7, 11) is 0. The first-order valence-corrected chi connectivity index (χ1v) is 8.22. The molecular weight excluding hydrogens is 331 g/mol. The molecule has 1 aliphatic rings. The highest BCUT2D eigenvalue weighted by atomic mass is 32.2. The predicted molar refractivity (Wildman–Crippen MR) is 86.5 cm³/mol. The lowest BCUT2D eigenvalue weighted by Gasteiger charge is -2.08. The maximum Gasteiger partial charge on any atom is 0.277 e. The highest BCUT2D eigenvalue weighted by Gasteiger charge is 2.18. The molecule has 0 bridgehead atoms. The zero-order valence-electron chi connectivity index (χ0n) is 12.7. The number of rotatable bonds is 4. The minimum absolute atomic E-state index is 0.0654. The Morgan fingerprint density at radius 1 is 1.04 bits per heavy atom. The lowest BCUT2D eigenvalue weighted by atomic mass is 10.2. The standard InChI is InChI=1S/C17H13FN2O3S/c1-10(11-2-5-13(18)6-3-11)24-17-20-19-16(23-17)12-4-7-14-15(8-12)22-9-21-14/h2-8,10H,9H2,1H3/t10-/m0/s1. The lowest BCUT2D eigenvalue weighted by molar-refractivity contribution is 0.174. The van der Waals surface area contributed by atoms with Gasteiger partial charge in [-0.3, -0.25) is 0 Å². The Morgan fingerprint density at radius 2 is 1.83 bits per heavy atom. The molecular formula is C17H13FN2O3S. The van der Waals surface area contributed by atoms with E-state index in [4.69, 9.17) is 13.9 Å². The van der Waals surface area contributed by atoms with Crippen LogP contribution in [0.4, 0.5) is 4.39 Å². The first-order chi connectivity index (χ1) is 11.7. The SMILES string of the molecule is C[C@H](Sc1nnc(-c2ccc3c(c2)OCO3)o1)c1ccc(F)cc1. The van der Waals surface area contributed by atoms with Crippen LogP contribution in [0, 0.1) is 5.82 Å². The third kappa shape index (κ3) is 2.94. The minimum atomic E-state index is -0.251. The Bertz CT molecular complexity index is 867. The van der Waals surface area contributed by atoms with Gasteiger partial charge in [0, 0.05) is 10.8 Å². The molecule has 24 heavy (non-hydrogen) atoms. The van der Waals surface area contributed by atoms with Crippen LogP contribution in [-0.2, 0) is 0 Å². The molecule has 1 aliphatic heterocycles. The monoisotopic (exact) mass is 344 g/mol. The van der Waals surface area contributed by atoms with E-state index in [2.05, 4.69) is 10.2 Å². The van der Waals surface area contributed by atoms with Gasteiger partial charge in [-0.05, 0) is 42.8 Å². The van der Waals surface area contributed by atoms with Crippen molar-refractivity contribution in [1.29, 1.82) is 0 Å². The maximum absolute atomic E-state index is 13.0. The smallest absolute Gasteiger partial charge is 0.277 e. The molecule has 0 saturated carbocycles. The average Bonchev–Trinajstić information content (AvgIpc) is 3.23. The topological polar surface area (TPSA) is 57.4 Å². The van der Waals surface area contributed by atoms with E-state index in [0.29, 0.717) is 22.6 Å². The summed E-state index contributed by atoms with van der Waals surface area (Å²) in [4.78, 5) is 0. The van der Waals surface area contributed by atoms with Crippen molar-refractivity contribution in [3.8, 4) is 23.0 Å². The van der Waals surface area contributed by atoms with E-state index in [0.717, 1.165) is 11.1 Å². The van der Waals surface area contributed by atoms with Crippen molar-refractivity contribution in [1.82, 2.24) is 10.2 Å². The molecule has 0 radical (unpaired) electrons. The number of hydrogen-bond acceptors (Lipinski definition) is 6. The fourth-order valence-corrected chi connectivity index (χ4v) is 3.17. The Labute approximate surface area is 141 Å². The van der Waals surface area contributed by atoms with E-state index in [1.165, 1.54) is 23.9 Å². The van der Waals surface area contributed by atoms with Gasteiger partial charge in [0.1, 0.15) is 5.82 Å². The summed E-state index contributed by atoms with van der Waals surface area (Å²) in [5.74, 6) is 1.54. The van der Waals surface area contributed by atoms with Crippen LogP contribution >= 0.6 is 11.8 Å². The summed E-state index contributed by atoms with van der Waals surface area (Å²) in [6.07, 6.45) is 0. The van der Waals surface area contributed by atoms with Gasteiger partial charge in [0.25, 0.3) is 5.22 Å². The molecule has 0 aliphatic carbocycles. The highest BCUT2D eigenvalue weighted by Crippen LogP contribution is 2.38. The number of hydrogen-bond donors (Lipinski definition) is 0. The molecule has 7 heteroatoms. The molecule has 0 spiro atoms. The van der Waals surface area contributed by atoms with Crippen LogP contribution in [0.25, 0.3) is 11.5 Å². The molecule has 5 nitrogen and oxygen atoms in total. The van der Waals surface area contributed by atoms with E-state index in [-0.39, 0.29) is 17.9 Å². The minimum Gasteiger partial charge on any atom is -0.454 e. The number of aromatic nitrogens is 2. The average molecular weight is 344 g/mol. The van der Waals surface area contributed by atoms with Crippen LogP contribution in [0.2, 0.25) is 0 Å². The van der Waals surface area contributed by atoms with Gasteiger partial charge in [-0.1, -0.05) is 23.9 Å².